The third-order valence-electron chi connectivity index (χ3n) is 5.05. The molecule has 1 atom stereocenters. The molecular weight excluding hydrogens is 318 g/mol. The first-order valence-electron chi connectivity index (χ1n) is 9.19. The van der Waals surface area contributed by atoms with Crippen LogP contribution in [0.5, 0.6) is 0 Å². The van der Waals surface area contributed by atoms with Gasteiger partial charge in [-0.3, -0.25) is 9.59 Å². The molecule has 2 aliphatic rings. The molecular formula is C18H27N5O2. The summed E-state index contributed by atoms with van der Waals surface area (Å²) in [4.78, 5) is 36.6. The van der Waals surface area contributed by atoms with E-state index in [1.807, 2.05) is 11.8 Å². The fourth-order valence-electron chi connectivity index (χ4n) is 3.73. The minimum absolute atomic E-state index is 0.00837. The number of carbonyl (C=O) groups is 2. The van der Waals surface area contributed by atoms with Crippen LogP contribution in [0.3, 0.4) is 0 Å². The summed E-state index contributed by atoms with van der Waals surface area (Å²) in [6.07, 6.45) is 4.72. The van der Waals surface area contributed by atoms with Gasteiger partial charge in [0.15, 0.2) is 0 Å². The van der Waals surface area contributed by atoms with E-state index in [1.165, 1.54) is 12.8 Å². The molecule has 2 amide bonds. The van der Waals surface area contributed by atoms with Gasteiger partial charge in [-0.25, -0.2) is 9.97 Å². The van der Waals surface area contributed by atoms with Crippen LogP contribution in [0.4, 0.5) is 5.82 Å². The van der Waals surface area contributed by atoms with Crippen LogP contribution >= 0.6 is 0 Å². The van der Waals surface area contributed by atoms with Gasteiger partial charge in [-0.1, -0.05) is 0 Å². The van der Waals surface area contributed by atoms with Crippen molar-refractivity contribution in [3.63, 3.8) is 0 Å². The maximum atomic E-state index is 12.3. The highest BCUT2D eigenvalue weighted by atomic mass is 16.2. The Hall–Kier alpha value is -2.18. The van der Waals surface area contributed by atoms with Crippen LogP contribution in [-0.4, -0.2) is 52.9 Å². The highest BCUT2D eigenvalue weighted by Gasteiger charge is 2.27. The molecule has 2 fully saturated rings. The average Bonchev–Trinajstić information content (AvgIpc) is 3.14. The average molecular weight is 345 g/mol. The zero-order valence-corrected chi connectivity index (χ0v) is 14.9. The third kappa shape index (κ3) is 4.46. The zero-order valence-electron chi connectivity index (χ0n) is 14.9. The van der Waals surface area contributed by atoms with Crippen LogP contribution in [0.1, 0.15) is 56.0 Å². The highest BCUT2D eigenvalue weighted by molar-refractivity contribution is 5.83. The normalized spacial score (nSPS) is 20.8. The van der Waals surface area contributed by atoms with Crippen LogP contribution in [0.2, 0.25) is 0 Å². The fourth-order valence-corrected chi connectivity index (χ4v) is 3.73. The van der Waals surface area contributed by atoms with E-state index in [-0.39, 0.29) is 24.7 Å². The fraction of sp³-hybridized carbons (Fsp3) is 0.667. The van der Waals surface area contributed by atoms with E-state index < -0.39 is 5.91 Å². The number of hydrogen-bond donors (Lipinski definition) is 1. The van der Waals surface area contributed by atoms with Crippen LogP contribution in [0.25, 0.3) is 0 Å². The minimum Gasteiger partial charge on any atom is -0.370 e. The van der Waals surface area contributed by atoms with E-state index in [1.54, 1.807) is 0 Å². The number of aryl methyl sites for hydroxylation is 1. The number of nitrogens with two attached hydrogens (primary N) is 1. The van der Waals surface area contributed by atoms with Crippen LogP contribution in [0.15, 0.2) is 6.07 Å². The third-order valence-corrected chi connectivity index (χ3v) is 5.05. The molecule has 0 saturated carbocycles. The quantitative estimate of drug-likeness (QED) is 0.870. The van der Waals surface area contributed by atoms with Gasteiger partial charge in [-0.2, -0.15) is 0 Å². The highest BCUT2D eigenvalue weighted by Crippen LogP contribution is 2.29. The number of carbonyl (C=O) groups excluding carboxylic acids is 2. The molecule has 25 heavy (non-hydrogen) atoms. The number of aromatic nitrogens is 2. The predicted octanol–water partition coefficient (Wildman–Crippen LogP) is 1.36. The van der Waals surface area contributed by atoms with Crippen molar-refractivity contribution < 1.29 is 9.59 Å². The molecule has 0 radical (unpaired) electrons. The molecule has 0 aliphatic carbocycles. The smallest absolute Gasteiger partial charge is 0.223 e. The second kappa shape index (κ2) is 7.80. The Kier molecular flexibility index (Phi) is 5.50. The minimum atomic E-state index is -0.427. The maximum Gasteiger partial charge on any atom is 0.223 e. The Labute approximate surface area is 148 Å². The molecule has 0 bridgehead atoms. The molecule has 1 aromatic heterocycles. The summed E-state index contributed by atoms with van der Waals surface area (Å²) in [5.74, 6) is 1.61. The standard InChI is InChI=1S/C18H27N5O2/c1-13-20-15(11-17(21-13)22-8-2-3-9-22)14-5-4-10-23(12-14)18(25)7-6-16(19)24/h11,14H,2-10,12H2,1H3,(H2,19,24)/t14-/m0/s1. The molecule has 136 valence electrons. The number of amides is 2. The first-order chi connectivity index (χ1) is 12.0. The van der Waals surface area contributed by atoms with Crippen molar-refractivity contribution in [2.24, 2.45) is 5.73 Å². The second-order valence-corrected chi connectivity index (χ2v) is 7.04. The molecule has 7 nitrogen and oxygen atoms in total. The topological polar surface area (TPSA) is 92.4 Å². The van der Waals surface area contributed by atoms with Gasteiger partial charge in [0.25, 0.3) is 0 Å². The molecule has 0 spiro atoms. The number of rotatable bonds is 5. The lowest BCUT2D eigenvalue weighted by molar-refractivity contribution is -0.134. The van der Waals surface area contributed by atoms with Crippen LogP contribution in [0, 0.1) is 6.92 Å². The largest absolute Gasteiger partial charge is 0.370 e. The van der Waals surface area contributed by atoms with Gasteiger partial charge in [0, 0.05) is 51.0 Å². The lowest BCUT2D eigenvalue weighted by atomic mass is 9.94. The van der Waals surface area contributed by atoms with Gasteiger partial charge < -0.3 is 15.5 Å². The molecule has 7 heteroatoms. The van der Waals surface area contributed by atoms with Crippen molar-refractivity contribution >= 4 is 17.6 Å². The van der Waals surface area contributed by atoms with E-state index >= 15 is 0 Å². The second-order valence-electron chi connectivity index (χ2n) is 7.04. The van der Waals surface area contributed by atoms with Gasteiger partial charge in [-0.05, 0) is 32.6 Å². The molecule has 0 aromatic carbocycles. The van der Waals surface area contributed by atoms with E-state index in [9.17, 15) is 9.59 Å². The summed E-state index contributed by atoms with van der Waals surface area (Å²) < 4.78 is 0. The molecule has 2 aliphatic heterocycles. The molecule has 3 heterocycles. The first-order valence-corrected chi connectivity index (χ1v) is 9.19. The Bertz CT molecular complexity index is 642. The Morgan fingerprint density at radius 1 is 1.16 bits per heavy atom. The van der Waals surface area contributed by atoms with E-state index in [0.717, 1.165) is 49.8 Å². The van der Waals surface area contributed by atoms with Gasteiger partial charge in [-0.15, -0.1) is 0 Å². The predicted molar refractivity (Wildman–Crippen MR) is 95.2 cm³/mol. The Morgan fingerprint density at radius 2 is 1.92 bits per heavy atom. The zero-order chi connectivity index (χ0) is 17.8. The first kappa shape index (κ1) is 17.6. The summed E-state index contributed by atoms with van der Waals surface area (Å²) in [5.41, 5.74) is 6.18. The molecule has 3 rings (SSSR count). The molecule has 0 unspecified atom stereocenters. The number of anilines is 1. The van der Waals surface area contributed by atoms with E-state index in [0.29, 0.717) is 6.54 Å². The number of nitrogens with zero attached hydrogens (tertiary/aromatic N) is 4. The van der Waals surface area contributed by atoms with E-state index in [4.69, 9.17) is 5.73 Å². The molecule has 1 aromatic rings. The maximum absolute atomic E-state index is 12.3. The lowest BCUT2D eigenvalue weighted by Crippen LogP contribution is -2.39. The van der Waals surface area contributed by atoms with Crippen molar-refractivity contribution in [1.29, 1.82) is 0 Å². The van der Waals surface area contributed by atoms with Crippen molar-refractivity contribution in [2.75, 3.05) is 31.1 Å². The lowest BCUT2D eigenvalue weighted by Gasteiger charge is -2.33. The van der Waals surface area contributed by atoms with Crippen molar-refractivity contribution in [1.82, 2.24) is 14.9 Å². The number of primary amides is 1. The van der Waals surface area contributed by atoms with Crippen molar-refractivity contribution in [2.45, 2.75) is 51.4 Å². The number of hydrogen-bond acceptors (Lipinski definition) is 5. The molecule has 2 saturated heterocycles. The van der Waals surface area contributed by atoms with Gasteiger partial charge >= 0.3 is 0 Å². The summed E-state index contributed by atoms with van der Waals surface area (Å²) in [7, 11) is 0. The van der Waals surface area contributed by atoms with Crippen LogP contribution in [-0.2, 0) is 9.59 Å². The Balaban J connectivity index is 1.70. The van der Waals surface area contributed by atoms with Crippen molar-refractivity contribution in [3.8, 4) is 0 Å². The van der Waals surface area contributed by atoms with Gasteiger partial charge in [0.05, 0.1) is 5.69 Å². The van der Waals surface area contributed by atoms with Gasteiger partial charge in [0.1, 0.15) is 11.6 Å². The monoisotopic (exact) mass is 345 g/mol. The van der Waals surface area contributed by atoms with Crippen LogP contribution < -0.4 is 10.6 Å². The summed E-state index contributed by atoms with van der Waals surface area (Å²) in [6.45, 7) is 5.45. The van der Waals surface area contributed by atoms with E-state index in [2.05, 4.69) is 20.9 Å². The van der Waals surface area contributed by atoms with Gasteiger partial charge in [0.2, 0.25) is 11.8 Å². The number of piperidine rings is 1. The Morgan fingerprint density at radius 3 is 2.64 bits per heavy atom. The summed E-state index contributed by atoms with van der Waals surface area (Å²) in [5, 5.41) is 0. The number of likely N-dealkylation sites (tertiary alicyclic amines) is 1. The SMILES string of the molecule is Cc1nc([C@H]2CCCN(C(=O)CCC(N)=O)C2)cc(N2CCCC2)n1. The van der Waals surface area contributed by atoms with Crippen molar-refractivity contribution in [3.05, 3.63) is 17.6 Å². The summed E-state index contributed by atoms with van der Waals surface area (Å²) in [6, 6.07) is 2.10. The molecule has 2 N–H and O–H groups in total. The summed E-state index contributed by atoms with van der Waals surface area (Å²) >= 11 is 0.